The number of nitrogens with two attached hydrogens (primary N) is 1. The van der Waals surface area contributed by atoms with Crippen LogP contribution in [0.2, 0.25) is 5.15 Å². The van der Waals surface area contributed by atoms with E-state index in [1.54, 1.807) is 6.20 Å². The van der Waals surface area contributed by atoms with Crippen molar-refractivity contribution in [3.63, 3.8) is 0 Å². The van der Waals surface area contributed by atoms with Crippen molar-refractivity contribution in [1.82, 2.24) is 19.7 Å². The maximum Gasteiger partial charge on any atom is 0.157 e. The highest BCUT2D eigenvalue weighted by Crippen LogP contribution is 2.21. The Labute approximate surface area is 104 Å². The van der Waals surface area contributed by atoms with Gasteiger partial charge in [-0.05, 0) is 12.5 Å². The van der Waals surface area contributed by atoms with Gasteiger partial charge in [0.1, 0.15) is 12.0 Å². The van der Waals surface area contributed by atoms with Crippen LogP contribution in [-0.4, -0.2) is 26.3 Å². The fourth-order valence-electron chi connectivity index (χ4n) is 1.40. The normalized spacial score (nSPS) is 10.4. The second-order valence-corrected chi connectivity index (χ2v) is 3.83. The number of rotatable bonds is 5. The van der Waals surface area contributed by atoms with Gasteiger partial charge in [0, 0.05) is 25.5 Å². The van der Waals surface area contributed by atoms with Gasteiger partial charge in [0.25, 0.3) is 0 Å². The van der Waals surface area contributed by atoms with Crippen LogP contribution in [0.5, 0.6) is 0 Å². The van der Waals surface area contributed by atoms with Gasteiger partial charge in [0.15, 0.2) is 11.0 Å². The first kappa shape index (κ1) is 11.7. The molecule has 0 bridgehead atoms. The van der Waals surface area contributed by atoms with Crippen molar-refractivity contribution in [2.24, 2.45) is 0 Å². The van der Waals surface area contributed by atoms with Gasteiger partial charge < -0.3 is 11.1 Å². The fraction of sp³-hybridized carbons (Fsp3) is 0.300. The van der Waals surface area contributed by atoms with Gasteiger partial charge in [0.05, 0.1) is 0 Å². The van der Waals surface area contributed by atoms with E-state index in [2.05, 4.69) is 20.4 Å². The zero-order chi connectivity index (χ0) is 12.1. The minimum absolute atomic E-state index is 0.273. The van der Waals surface area contributed by atoms with Gasteiger partial charge >= 0.3 is 0 Å². The van der Waals surface area contributed by atoms with E-state index in [9.17, 15) is 0 Å². The second kappa shape index (κ2) is 5.49. The molecule has 2 aromatic heterocycles. The molecule has 0 unspecified atom stereocenters. The first-order valence-electron chi connectivity index (χ1n) is 5.24. The summed E-state index contributed by atoms with van der Waals surface area (Å²) in [7, 11) is 0. The van der Waals surface area contributed by atoms with E-state index in [4.69, 9.17) is 17.3 Å². The third-order valence-electron chi connectivity index (χ3n) is 2.25. The van der Waals surface area contributed by atoms with Crippen LogP contribution in [-0.2, 0) is 6.54 Å². The van der Waals surface area contributed by atoms with Crippen molar-refractivity contribution in [2.45, 2.75) is 13.0 Å². The van der Waals surface area contributed by atoms with Crippen LogP contribution in [0.1, 0.15) is 6.42 Å². The van der Waals surface area contributed by atoms with Gasteiger partial charge in [-0.2, -0.15) is 5.10 Å². The minimum Gasteiger partial charge on any atom is -0.393 e. The molecule has 0 aliphatic heterocycles. The quantitative estimate of drug-likeness (QED) is 0.621. The number of aromatic nitrogens is 4. The lowest BCUT2D eigenvalue weighted by Gasteiger charge is -2.08. The third-order valence-corrected chi connectivity index (χ3v) is 2.55. The molecule has 0 spiro atoms. The van der Waals surface area contributed by atoms with Gasteiger partial charge in [-0.1, -0.05) is 11.6 Å². The summed E-state index contributed by atoms with van der Waals surface area (Å²) in [6.07, 6.45) is 5.99. The Morgan fingerprint density at radius 3 is 3.06 bits per heavy atom. The molecule has 0 aliphatic carbocycles. The van der Waals surface area contributed by atoms with E-state index < -0.39 is 0 Å². The van der Waals surface area contributed by atoms with E-state index in [0.717, 1.165) is 19.5 Å². The highest BCUT2D eigenvalue weighted by Gasteiger charge is 2.04. The number of hydrogen-bond donors (Lipinski definition) is 2. The fourth-order valence-corrected chi connectivity index (χ4v) is 1.53. The number of nitrogens with one attached hydrogen (secondary N) is 1. The molecule has 2 rings (SSSR count). The Morgan fingerprint density at radius 2 is 2.29 bits per heavy atom. The molecule has 2 aromatic rings. The first-order valence-corrected chi connectivity index (χ1v) is 5.62. The molecule has 3 N–H and O–H groups in total. The van der Waals surface area contributed by atoms with Crippen LogP contribution in [0.3, 0.4) is 0 Å². The van der Waals surface area contributed by atoms with E-state index >= 15 is 0 Å². The zero-order valence-electron chi connectivity index (χ0n) is 9.17. The van der Waals surface area contributed by atoms with E-state index in [1.807, 2.05) is 16.9 Å². The molecule has 0 atom stereocenters. The maximum atomic E-state index is 5.78. The molecule has 7 heteroatoms. The number of hydrogen-bond acceptors (Lipinski definition) is 5. The monoisotopic (exact) mass is 252 g/mol. The Hall–Kier alpha value is -1.82. The van der Waals surface area contributed by atoms with Crippen molar-refractivity contribution >= 4 is 23.1 Å². The van der Waals surface area contributed by atoms with Crippen molar-refractivity contribution in [1.29, 1.82) is 0 Å². The summed E-state index contributed by atoms with van der Waals surface area (Å²) in [6, 6.07) is 1.90. The van der Waals surface area contributed by atoms with Crippen LogP contribution in [0.25, 0.3) is 0 Å². The molecule has 90 valence electrons. The van der Waals surface area contributed by atoms with E-state index in [-0.39, 0.29) is 5.15 Å². The summed E-state index contributed by atoms with van der Waals surface area (Å²) in [5.74, 6) is 0.575. The molecular formula is C10H13ClN6. The van der Waals surface area contributed by atoms with Gasteiger partial charge in [-0.3, -0.25) is 4.68 Å². The predicted molar refractivity (Wildman–Crippen MR) is 66.8 cm³/mol. The van der Waals surface area contributed by atoms with Gasteiger partial charge in [-0.25, -0.2) is 9.97 Å². The molecule has 17 heavy (non-hydrogen) atoms. The topological polar surface area (TPSA) is 81.6 Å². The number of halogens is 1. The maximum absolute atomic E-state index is 5.78. The third kappa shape index (κ3) is 3.07. The zero-order valence-corrected chi connectivity index (χ0v) is 9.93. The van der Waals surface area contributed by atoms with Crippen molar-refractivity contribution in [3.05, 3.63) is 29.9 Å². The Morgan fingerprint density at radius 1 is 1.41 bits per heavy atom. The first-order chi connectivity index (χ1) is 8.27. The Kier molecular flexibility index (Phi) is 3.77. The van der Waals surface area contributed by atoms with Gasteiger partial charge in [0.2, 0.25) is 0 Å². The molecule has 0 saturated heterocycles. The molecule has 0 saturated carbocycles. The average molecular weight is 253 g/mol. The van der Waals surface area contributed by atoms with E-state index in [0.29, 0.717) is 11.5 Å². The molecule has 0 aromatic carbocycles. The number of aryl methyl sites for hydroxylation is 1. The standard InChI is InChI=1S/C10H13ClN6/c11-9-8(12)10(15-7-14-9)13-3-1-5-17-6-2-4-16-17/h2,4,6-7H,1,3,5,12H2,(H,13,14,15). The summed E-state index contributed by atoms with van der Waals surface area (Å²) < 4.78 is 1.87. The van der Waals surface area contributed by atoms with E-state index in [1.165, 1.54) is 6.33 Å². The molecule has 0 aliphatic rings. The lowest BCUT2D eigenvalue weighted by Crippen LogP contribution is -2.10. The lowest BCUT2D eigenvalue weighted by molar-refractivity contribution is 0.591. The summed E-state index contributed by atoms with van der Waals surface area (Å²) >= 11 is 5.78. The summed E-state index contributed by atoms with van der Waals surface area (Å²) in [6.45, 7) is 1.59. The van der Waals surface area contributed by atoms with Gasteiger partial charge in [-0.15, -0.1) is 0 Å². The second-order valence-electron chi connectivity index (χ2n) is 3.48. The van der Waals surface area contributed by atoms with Crippen LogP contribution in [0, 0.1) is 0 Å². The lowest BCUT2D eigenvalue weighted by atomic mass is 10.4. The highest BCUT2D eigenvalue weighted by molar-refractivity contribution is 6.32. The van der Waals surface area contributed by atoms with Crippen molar-refractivity contribution in [3.8, 4) is 0 Å². The van der Waals surface area contributed by atoms with Crippen molar-refractivity contribution in [2.75, 3.05) is 17.6 Å². The van der Waals surface area contributed by atoms with Crippen LogP contribution >= 0.6 is 11.6 Å². The Balaban J connectivity index is 1.80. The number of nitrogens with zero attached hydrogens (tertiary/aromatic N) is 4. The number of anilines is 2. The Bertz CT molecular complexity index is 470. The molecule has 0 radical (unpaired) electrons. The molecule has 0 fully saturated rings. The minimum atomic E-state index is 0.273. The predicted octanol–water partition coefficient (Wildman–Crippen LogP) is 1.41. The summed E-state index contributed by atoms with van der Waals surface area (Å²) in [5, 5.41) is 7.50. The average Bonchev–Trinajstić information content (AvgIpc) is 2.83. The van der Waals surface area contributed by atoms with Crippen molar-refractivity contribution < 1.29 is 0 Å². The summed E-state index contributed by atoms with van der Waals surface area (Å²) in [4.78, 5) is 7.80. The van der Waals surface area contributed by atoms with Crippen LogP contribution in [0.15, 0.2) is 24.8 Å². The highest BCUT2D eigenvalue weighted by atomic mass is 35.5. The largest absolute Gasteiger partial charge is 0.393 e. The number of nitrogen functional groups attached to an aromatic ring is 1. The molecular weight excluding hydrogens is 240 g/mol. The molecule has 0 amide bonds. The van der Waals surface area contributed by atoms with Crippen LogP contribution in [0.4, 0.5) is 11.5 Å². The summed E-state index contributed by atoms with van der Waals surface area (Å²) in [5.41, 5.74) is 6.11. The molecule has 2 heterocycles. The smallest absolute Gasteiger partial charge is 0.157 e. The molecule has 6 nitrogen and oxygen atoms in total. The van der Waals surface area contributed by atoms with Crippen LogP contribution < -0.4 is 11.1 Å². The SMILES string of the molecule is Nc1c(Cl)ncnc1NCCCn1cccn1.